The predicted molar refractivity (Wildman–Crippen MR) is 101 cm³/mol. The van der Waals surface area contributed by atoms with Gasteiger partial charge in [-0.3, -0.25) is 4.79 Å². The number of allylic oxidation sites excluding steroid dienone is 4. The van der Waals surface area contributed by atoms with E-state index in [9.17, 15) is 4.79 Å². The van der Waals surface area contributed by atoms with E-state index in [1.165, 1.54) is 0 Å². The van der Waals surface area contributed by atoms with Crippen molar-refractivity contribution in [1.82, 2.24) is 0 Å². The molecule has 0 bridgehead atoms. The maximum Gasteiger partial charge on any atom is 0.186 e. The third kappa shape index (κ3) is 4.03. The molecule has 2 rings (SSSR count). The summed E-state index contributed by atoms with van der Waals surface area (Å²) in [5.41, 5.74) is 2.79. The van der Waals surface area contributed by atoms with E-state index in [0.717, 1.165) is 27.4 Å². The molecule has 1 aliphatic rings. The van der Waals surface area contributed by atoms with Gasteiger partial charge in [0.15, 0.2) is 5.78 Å². The van der Waals surface area contributed by atoms with Crippen molar-refractivity contribution in [2.24, 2.45) is 15.8 Å². The zero-order valence-electron chi connectivity index (χ0n) is 14.8. The maximum absolute atomic E-state index is 12.9. The number of ketones is 1. The molecule has 0 atom stereocenters. The lowest BCUT2D eigenvalue weighted by Crippen LogP contribution is -2.29. The summed E-state index contributed by atoms with van der Waals surface area (Å²) in [4.78, 5) is 18.4. The number of nitrogens with zero attached hydrogens (tertiary/aromatic N) is 1. The van der Waals surface area contributed by atoms with Crippen molar-refractivity contribution < 1.29 is 4.79 Å². The van der Waals surface area contributed by atoms with E-state index in [0.29, 0.717) is 0 Å². The van der Waals surface area contributed by atoms with Crippen molar-refractivity contribution in [2.45, 2.75) is 46.4 Å². The van der Waals surface area contributed by atoms with Crippen LogP contribution in [0.25, 0.3) is 0 Å². The number of para-hydroxylation sites is 1. The average molecular weight is 327 g/mol. The molecule has 0 radical (unpaired) electrons. The van der Waals surface area contributed by atoms with E-state index in [-0.39, 0.29) is 16.6 Å². The van der Waals surface area contributed by atoms with Gasteiger partial charge in [-0.25, -0.2) is 4.99 Å². The molecule has 0 amide bonds. The van der Waals surface area contributed by atoms with Crippen molar-refractivity contribution >= 4 is 29.8 Å². The van der Waals surface area contributed by atoms with Gasteiger partial charge < -0.3 is 0 Å². The Morgan fingerprint density at radius 2 is 1.35 bits per heavy atom. The zero-order valence-corrected chi connectivity index (χ0v) is 15.7. The Kier molecular flexibility index (Phi) is 4.72. The predicted octanol–water partition coefficient (Wildman–Crippen LogP) is 5.58. The smallest absolute Gasteiger partial charge is 0.186 e. The number of hydrogen-bond acceptors (Lipinski definition) is 3. The minimum absolute atomic E-state index is 0.128. The molecule has 0 aromatic heterocycles. The van der Waals surface area contributed by atoms with Crippen LogP contribution in [0.2, 0.25) is 0 Å². The van der Waals surface area contributed by atoms with Crippen molar-refractivity contribution in [3.63, 3.8) is 0 Å². The van der Waals surface area contributed by atoms with Gasteiger partial charge in [0, 0.05) is 16.0 Å². The average Bonchev–Trinajstić information content (AvgIpc) is 2.40. The molecule has 0 heterocycles. The van der Waals surface area contributed by atoms with Crippen LogP contribution < -0.4 is 0 Å². The summed E-state index contributed by atoms with van der Waals surface area (Å²) in [5, 5.41) is 0. The molecule has 2 nitrogen and oxygen atoms in total. The van der Waals surface area contributed by atoms with Crippen molar-refractivity contribution in [3.8, 4) is 0 Å². The zero-order chi connectivity index (χ0) is 17.4. The fraction of sp³-hybridized carbons (Fsp3) is 0.400. The molecule has 23 heavy (non-hydrogen) atoms. The molecular weight excluding hydrogens is 302 g/mol. The minimum Gasteiger partial charge on any atom is -0.289 e. The van der Waals surface area contributed by atoms with E-state index < -0.39 is 0 Å². The monoisotopic (exact) mass is 327 g/mol. The van der Waals surface area contributed by atoms with Crippen molar-refractivity contribution in [2.75, 3.05) is 0 Å². The molecule has 3 heteroatoms. The third-order valence-corrected chi connectivity index (χ3v) is 4.20. The van der Waals surface area contributed by atoms with Crippen LogP contribution in [0.15, 0.2) is 57.5 Å². The first kappa shape index (κ1) is 17.7. The molecule has 1 aliphatic carbocycles. The highest BCUT2D eigenvalue weighted by Crippen LogP contribution is 2.37. The van der Waals surface area contributed by atoms with Gasteiger partial charge in [-0.2, -0.15) is 0 Å². The molecule has 122 valence electrons. The van der Waals surface area contributed by atoms with Crippen molar-refractivity contribution in [1.29, 1.82) is 0 Å². The lowest BCUT2D eigenvalue weighted by atomic mass is 9.72. The van der Waals surface area contributed by atoms with Gasteiger partial charge in [0.05, 0.1) is 11.4 Å². The Balaban J connectivity index is 2.61. The first-order valence-corrected chi connectivity index (χ1v) is 8.30. The molecule has 1 aromatic carbocycles. The Bertz CT molecular complexity index is 689. The summed E-state index contributed by atoms with van der Waals surface area (Å²) in [5.74, 6) is 0.128. The molecule has 0 fully saturated rings. The van der Waals surface area contributed by atoms with E-state index in [2.05, 4.69) is 54.2 Å². The van der Waals surface area contributed by atoms with E-state index in [4.69, 9.17) is 4.99 Å². The molecular formula is C20H25NOS. The molecule has 0 unspecified atom stereocenters. The minimum atomic E-state index is -0.219. The van der Waals surface area contributed by atoms with Crippen molar-refractivity contribution in [3.05, 3.63) is 47.6 Å². The maximum atomic E-state index is 12.9. The SMILES string of the molecule is CC(C)(C)C1=CC(=Nc2ccccc2S)C=C(C(C)(C)C)C1=O. The Morgan fingerprint density at radius 1 is 0.870 bits per heavy atom. The van der Waals surface area contributed by atoms with Crippen LogP contribution in [0.4, 0.5) is 5.69 Å². The van der Waals surface area contributed by atoms with Crippen LogP contribution in [-0.4, -0.2) is 11.5 Å². The highest BCUT2D eigenvalue weighted by atomic mass is 32.1. The summed E-state index contributed by atoms with van der Waals surface area (Å²) in [6, 6.07) is 7.72. The van der Waals surface area contributed by atoms with Crippen LogP contribution >= 0.6 is 12.6 Å². The van der Waals surface area contributed by atoms with Crippen LogP contribution in [0.1, 0.15) is 41.5 Å². The topological polar surface area (TPSA) is 29.4 Å². The van der Waals surface area contributed by atoms with E-state index in [1.807, 2.05) is 36.4 Å². The highest BCUT2D eigenvalue weighted by molar-refractivity contribution is 7.80. The van der Waals surface area contributed by atoms with Gasteiger partial charge in [-0.1, -0.05) is 53.7 Å². The summed E-state index contributed by atoms with van der Waals surface area (Å²) < 4.78 is 0. The van der Waals surface area contributed by atoms with Gasteiger partial charge in [0.2, 0.25) is 0 Å². The third-order valence-electron chi connectivity index (χ3n) is 3.82. The molecule has 0 N–H and O–H groups in total. The Labute approximate surface area is 144 Å². The Morgan fingerprint density at radius 3 is 1.78 bits per heavy atom. The number of rotatable bonds is 1. The van der Waals surface area contributed by atoms with Crippen LogP contribution in [0.5, 0.6) is 0 Å². The first-order valence-electron chi connectivity index (χ1n) is 7.86. The fourth-order valence-electron chi connectivity index (χ4n) is 2.49. The number of hydrogen-bond donors (Lipinski definition) is 1. The lowest BCUT2D eigenvalue weighted by Gasteiger charge is -2.31. The second-order valence-corrected chi connectivity index (χ2v) is 8.45. The molecule has 1 aromatic rings. The summed E-state index contributed by atoms with van der Waals surface area (Å²) in [6.07, 6.45) is 3.83. The fourth-order valence-corrected chi connectivity index (χ4v) is 2.70. The number of Topliss-reactive ketones (excluding diaryl/α,β-unsaturated/α-hetero) is 1. The standard InChI is InChI=1S/C20H25NOS/c1-19(2,3)14-11-13(12-15(18(14)22)20(4,5)6)21-16-9-7-8-10-17(16)23/h7-12,23H,1-6H3. The van der Waals surface area contributed by atoms with Gasteiger partial charge in [-0.15, -0.1) is 12.6 Å². The second kappa shape index (κ2) is 6.12. The number of aliphatic imine (C=N–C) groups is 1. The quantitative estimate of drug-likeness (QED) is 0.530. The van der Waals surface area contributed by atoms with E-state index in [1.54, 1.807) is 0 Å². The van der Waals surface area contributed by atoms with Crippen LogP contribution in [-0.2, 0) is 4.79 Å². The molecule has 0 aliphatic heterocycles. The Hall–Kier alpha value is -1.61. The summed E-state index contributed by atoms with van der Waals surface area (Å²) >= 11 is 4.46. The summed E-state index contributed by atoms with van der Waals surface area (Å²) in [6.45, 7) is 12.4. The largest absolute Gasteiger partial charge is 0.289 e. The van der Waals surface area contributed by atoms with Crippen LogP contribution in [0.3, 0.4) is 0 Å². The number of benzene rings is 1. The first-order chi connectivity index (χ1) is 10.5. The second-order valence-electron chi connectivity index (χ2n) is 7.97. The normalized spacial score (nSPS) is 16.1. The molecule has 0 saturated carbocycles. The van der Waals surface area contributed by atoms with E-state index >= 15 is 0 Å². The number of carbonyl (C=O) groups excluding carboxylic acids is 1. The number of carbonyl (C=O) groups is 1. The lowest BCUT2D eigenvalue weighted by molar-refractivity contribution is -0.114. The molecule has 0 saturated heterocycles. The van der Waals surface area contributed by atoms with Gasteiger partial charge in [0.25, 0.3) is 0 Å². The molecule has 0 spiro atoms. The number of thiol groups is 1. The van der Waals surface area contributed by atoms with Gasteiger partial charge >= 0.3 is 0 Å². The van der Waals surface area contributed by atoms with Gasteiger partial charge in [0.1, 0.15) is 0 Å². The highest BCUT2D eigenvalue weighted by Gasteiger charge is 2.34. The summed E-state index contributed by atoms with van der Waals surface area (Å²) in [7, 11) is 0. The van der Waals surface area contributed by atoms with Gasteiger partial charge in [-0.05, 0) is 35.1 Å². The van der Waals surface area contributed by atoms with Crippen LogP contribution in [0, 0.1) is 10.8 Å².